The Hall–Kier alpha value is -4.34. The molecule has 41 heavy (non-hydrogen) atoms. The number of carbonyl (C=O) groups excluding carboxylic acids is 2. The molecule has 0 spiro atoms. The van der Waals surface area contributed by atoms with Crippen molar-refractivity contribution >= 4 is 23.8 Å². The van der Waals surface area contributed by atoms with Crippen LogP contribution in [0.25, 0.3) is 0 Å². The Morgan fingerprint density at radius 3 is 2.59 bits per heavy atom. The molecule has 4 rings (SSSR count). The average Bonchev–Trinajstić information content (AvgIpc) is 3.04. The van der Waals surface area contributed by atoms with Gasteiger partial charge in [0, 0.05) is 46.5 Å². The van der Waals surface area contributed by atoms with Crippen LogP contribution >= 0.6 is 0 Å². The molecule has 2 amide bonds. The van der Waals surface area contributed by atoms with Crippen LogP contribution in [-0.2, 0) is 11.3 Å². The van der Waals surface area contributed by atoms with Gasteiger partial charge < -0.3 is 29.5 Å². The average molecular weight is 561 g/mol. The number of likely N-dealkylation sites (N-methyl/N-ethyl adjacent to an activating group) is 2. The van der Waals surface area contributed by atoms with E-state index in [2.05, 4.69) is 15.3 Å². The van der Waals surface area contributed by atoms with Crippen molar-refractivity contribution in [3.8, 4) is 5.75 Å². The smallest absolute Gasteiger partial charge is 0.410 e. The first kappa shape index (κ1) is 29.6. The quantitative estimate of drug-likeness (QED) is 0.391. The molecule has 1 aliphatic heterocycles. The van der Waals surface area contributed by atoms with E-state index < -0.39 is 17.8 Å². The van der Waals surface area contributed by atoms with E-state index in [0.717, 1.165) is 11.1 Å². The lowest BCUT2D eigenvalue weighted by molar-refractivity contribution is 0.0226. The van der Waals surface area contributed by atoms with Gasteiger partial charge in [-0.3, -0.25) is 4.79 Å². The van der Waals surface area contributed by atoms with Gasteiger partial charge in [0.1, 0.15) is 28.8 Å². The highest BCUT2D eigenvalue weighted by molar-refractivity contribution is 5.99. The van der Waals surface area contributed by atoms with Crippen molar-refractivity contribution in [2.24, 2.45) is 0 Å². The molecule has 0 saturated heterocycles. The van der Waals surface area contributed by atoms with Gasteiger partial charge in [-0.1, -0.05) is 42.5 Å². The number of rotatable bonds is 9. The first-order valence-corrected chi connectivity index (χ1v) is 13.9. The van der Waals surface area contributed by atoms with Gasteiger partial charge in [-0.05, 0) is 51.0 Å². The Balaban J connectivity index is 1.51. The molecule has 2 aromatic carbocycles. The molecule has 0 fully saturated rings. The molecule has 1 atom stereocenters. The summed E-state index contributed by atoms with van der Waals surface area (Å²) in [7, 11) is 3.64. The Morgan fingerprint density at radius 1 is 1.12 bits per heavy atom. The van der Waals surface area contributed by atoms with E-state index in [4.69, 9.17) is 9.47 Å². The third-order valence-corrected chi connectivity index (χ3v) is 6.55. The minimum absolute atomic E-state index is 0.111. The van der Waals surface area contributed by atoms with Gasteiger partial charge in [-0.2, -0.15) is 4.98 Å². The summed E-state index contributed by atoms with van der Waals surface area (Å²) in [5.74, 6) is 1.67. The van der Waals surface area contributed by atoms with Gasteiger partial charge in [-0.15, -0.1) is 0 Å². The molecule has 0 bridgehead atoms. The zero-order chi connectivity index (χ0) is 29.6. The minimum Gasteiger partial charge on any atom is -0.484 e. The van der Waals surface area contributed by atoms with Gasteiger partial charge in [0.05, 0.1) is 6.54 Å². The van der Waals surface area contributed by atoms with Gasteiger partial charge in [0.25, 0.3) is 5.91 Å². The standard InChI is InChI=1S/C31H40N6O4/c1-7-32-29-33-19-25-27(34-29)35(5)16-17-37(28(25)38)20-22-12-11-15-24(18-22)40-26(23-13-9-8-10-14-23)21-36(6)30(39)41-31(2,3)4/h8-15,18-19,26H,7,16-17,20-21H2,1-6H3,(H,32,33,34). The predicted octanol–water partition coefficient (Wildman–Crippen LogP) is 4.99. The minimum atomic E-state index is -0.594. The molecule has 2 heterocycles. The van der Waals surface area contributed by atoms with Crippen molar-refractivity contribution in [2.45, 2.75) is 45.9 Å². The van der Waals surface area contributed by atoms with Crippen LogP contribution in [0.1, 0.15) is 55.3 Å². The second kappa shape index (κ2) is 12.9. The Morgan fingerprint density at radius 2 is 1.88 bits per heavy atom. The molecule has 1 aromatic heterocycles. The van der Waals surface area contributed by atoms with E-state index in [9.17, 15) is 9.59 Å². The van der Waals surface area contributed by atoms with Crippen LogP contribution in [0.5, 0.6) is 5.75 Å². The zero-order valence-corrected chi connectivity index (χ0v) is 24.8. The first-order chi connectivity index (χ1) is 19.5. The molecule has 0 saturated carbocycles. The number of aromatic nitrogens is 2. The third kappa shape index (κ3) is 7.87. The van der Waals surface area contributed by atoms with Crippen molar-refractivity contribution in [2.75, 3.05) is 50.5 Å². The van der Waals surface area contributed by atoms with Gasteiger partial charge in [0.15, 0.2) is 0 Å². The summed E-state index contributed by atoms with van der Waals surface area (Å²) in [4.78, 5) is 40.4. The number of amides is 2. The highest BCUT2D eigenvalue weighted by Crippen LogP contribution is 2.27. The van der Waals surface area contributed by atoms with Crippen molar-refractivity contribution in [3.05, 3.63) is 77.5 Å². The largest absolute Gasteiger partial charge is 0.484 e. The Labute approximate surface area is 242 Å². The van der Waals surface area contributed by atoms with Crippen LogP contribution in [0.3, 0.4) is 0 Å². The molecule has 10 nitrogen and oxygen atoms in total. The number of hydrogen-bond donors (Lipinski definition) is 1. The molecule has 218 valence electrons. The monoisotopic (exact) mass is 560 g/mol. The van der Waals surface area contributed by atoms with Crippen LogP contribution < -0.4 is 15.0 Å². The maximum atomic E-state index is 13.5. The van der Waals surface area contributed by atoms with Crippen LogP contribution in [-0.4, -0.2) is 77.6 Å². The number of nitrogens with zero attached hydrogens (tertiary/aromatic N) is 5. The predicted molar refractivity (Wildman–Crippen MR) is 159 cm³/mol. The molecule has 0 radical (unpaired) electrons. The summed E-state index contributed by atoms with van der Waals surface area (Å²) >= 11 is 0. The Bertz CT molecular complexity index is 1340. The second-order valence-corrected chi connectivity index (χ2v) is 11.1. The van der Waals surface area contributed by atoms with Crippen molar-refractivity contribution in [1.29, 1.82) is 0 Å². The summed E-state index contributed by atoms with van der Waals surface area (Å²) < 4.78 is 12.0. The molecular weight excluding hydrogens is 520 g/mol. The van der Waals surface area contributed by atoms with Gasteiger partial charge in [-0.25, -0.2) is 9.78 Å². The van der Waals surface area contributed by atoms with E-state index in [1.54, 1.807) is 13.2 Å². The SMILES string of the molecule is CCNc1ncc2c(n1)N(C)CCN(Cc1cccc(OC(CN(C)C(=O)OC(C)(C)C)c3ccccc3)c1)C2=O. The zero-order valence-electron chi connectivity index (χ0n) is 24.8. The van der Waals surface area contributed by atoms with E-state index in [0.29, 0.717) is 55.8 Å². The molecule has 1 unspecified atom stereocenters. The number of ether oxygens (including phenoxy) is 2. The van der Waals surface area contributed by atoms with Crippen LogP contribution in [0, 0.1) is 0 Å². The summed E-state index contributed by atoms with van der Waals surface area (Å²) in [5, 5.41) is 3.11. The number of nitrogens with one attached hydrogen (secondary N) is 1. The summed E-state index contributed by atoms with van der Waals surface area (Å²) in [6.45, 7) is 10.1. The maximum absolute atomic E-state index is 13.5. The molecule has 0 aliphatic carbocycles. The fourth-order valence-corrected chi connectivity index (χ4v) is 4.50. The molecule has 1 aliphatic rings. The van der Waals surface area contributed by atoms with Crippen molar-refractivity contribution < 1.29 is 19.1 Å². The fraction of sp³-hybridized carbons (Fsp3) is 0.419. The molecule has 1 N–H and O–H groups in total. The fourth-order valence-electron chi connectivity index (χ4n) is 4.50. The number of fused-ring (bicyclic) bond motifs is 1. The van der Waals surface area contributed by atoms with Crippen molar-refractivity contribution in [1.82, 2.24) is 19.8 Å². The van der Waals surface area contributed by atoms with Crippen LogP contribution in [0.2, 0.25) is 0 Å². The first-order valence-electron chi connectivity index (χ1n) is 13.9. The van der Waals surface area contributed by atoms with E-state index >= 15 is 0 Å². The van der Waals surface area contributed by atoms with Crippen LogP contribution in [0.4, 0.5) is 16.6 Å². The molecular formula is C31H40N6O4. The highest BCUT2D eigenvalue weighted by atomic mass is 16.6. The van der Waals surface area contributed by atoms with Gasteiger partial charge in [0.2, 0.25) is 5.95 Å². The summed E-state index contributed by atoms with van der Waals surface area (Å²) in [6.07, 6.45) is 0.762. The second-order valence-electron chi connectivity index (χ2n) is 11.1. The third-order valence-electron chi connectivity index (χ3n) is 6.55. The van der Waals surface area contributed by atoms with E-state index in [-0.39, 0.29) is 5.91 Å². The normalized spacial score (nSPS) is 14.1. The number of benzene rings is 2. The lowest BCUT2D eigenvalue weighted by Crippen LogP contribution is -2.37. The molecule has 10 heteroatoms. The lowest BCUT2D eigenvalue weighted by atomic mass is 10.1. The van der Waals surface area contributed by atoms with Crippen LogP contribution in [0.15, 0.2) is 60.8 Å². The highest BCUT2D eigenvalue weighted by Gasteiger charge is 2.28. The number of carbonyl (C=O) groups is 2. The van der Waals surface area contributed by atoms with Gasteiger partial charge >= 0.3 is 6.09 Å². The number of anilines is 2. The lowest BCUT2D eigenvalue weighted by Gasteiger charge is -2.28. The summed E-state index contributed by atoms with van der Waals surface area (Å²) in [6, 6.07) is 17.5. The summed E-state index contributed by atoms with van der Waals surface area (Å²) in [5.41, 5.74) is 1.75. The topological polar surface area (TPSA) is 100 Å². The van der Waals surface area contributed by atoms with E-state index in [1.165, 1.54) is 4.90 Å². The number of hydrogen-bond acceptors (Lipinski definition) is 8. The Kier molecular flexibility index (Phi) is 9.31. The van der Waals surface area contributed by atoms with E-state index in [1.807, 2.05) is 99.1 Å². The van der Waals surface area contributed by atoms with Crippen molar-refractivity contribution in [3.63, 3.8) is 0 Å². The maximum Gasteiger partial charge on any atom is 0.410 e. The molecule has 3 aromatic rings.